The number of unbranched alkanes of at least 4 members (excludes halogenated alkanes) is 19. The Morgan fingerprint density at radius 1 is 0.319 bits per heavy atom. The van der Waals surface area contributed by atoms with Gasteiger partial charge in [-0.25, -0.2) is 9.13 Å². The molecule has 0 aromatic carbocycles. The molecule has 0 amide bonds. The van der Waals surface area contributed by atoms with Gasteiger partial charge >= 0.3 is 33.6 Å². The van der Waals surface area contributed by atoms with Gasteiger partial charge in [0.1, 0.15) is 25.4 Å². The van der Waals surface area contributed by atoms with E-state index in [1.807, 2.05) is 0 Å². The molecule has 4 N–H and O–H groups in total. The first-order chi connectivity index (χ1) is 44.2. The summed E-state index contributed by atoms with van der Waals surface area (Å²) in [6.07, 6.45) is 76.5. The summed E-state index contributed by atoms with van der Waals surface area (Å²) >= 11 is 0. The highest BCUT2D eigenvalue weighted by atomic mass is 31.2. The summed E-state index contributed by atoms with van der Waals surface area (Å²) in [6.45, 7) is 2.30. The summed E-state index contributed by atoms with van der Waals surface area (Å²) in [5, 5.41) is 20.6. The van der Waals surface area contributed by atoms with Gasteiger partial charge in [-0.1, -0.05) is 238 Å². The summed E-state index contributed by atoms with van der Waals surface area (Å²) in [5.74, 6) is -1.63. The van der Waals surface area contributed by atoms with E-state index in [1.165, 1.54) is 25.7 Å². The highest BCUT2D eigenvalue weighted by molar-refractivity contribution is 7.47. The van der Waals surface area contributed by atoms with Crippen LogP contribution in [0.2, 0.25) is 0 Å². The number of phosphoric acid groups is 2. The third-order valence-electron chi connectivity index (χ3n) is 13.8. The quantitative estimate of drug-likeness (QED) is 0.0146. The molecule has 5 atom stereocenters. The fourth-order valence-corrected chi connectivity index (χ4v) is 10.2. The maximum Gasteiger partial charge on any atom is 0.472 e. The number of phosphoric ester groups is 2. The predicted octanol–water partition coefficient (Wildman–Crippen LogP) is 19.2. The van der Waals surface area contributed by atoms with Crippen molar-refractivity contribution >= 4 is 33.6 Å². The summed E-state index contributed by atoms with van der Waals surface area (Å²) < 4.78 is 60.8. The summed E-state index contributed by atoms with van der Waals surface area (Å²) in [4.78, 5) is 58.3. The standard InChI is InChI=1S/C73H122O16P2/c1-4-7-10-13-16-19-22-25-27-29-30-31-32-33-34-35-36-38-40-42-44-47-50-53-56-59-71(76)83-62-68(74)63-85-90(79,80)86-64-69(75)65-87-91(81,82)88-67-70(89-73(78)61-58-55-52-49-46-41-24-21-18-15-12-9-6-3)66-84-72(77)60-57-54-51-48-45-43-39-37-28-26-23-20-17-14-11-8-5-2/h7-8,10-12,15-17,19-21,24-28,30-31,33-34,39,43,68-70,74-75H,4-6,9,13-14,18,22-23,29,32,35-38,40-42,44-67H2,1-3H3,(H,79,80)(H,81,82)/b10-7-,11-8-,15-12-,19-16-,20-17-,24-21-,27-25-,28-26-,31-30-,34-33-,43-39-. The van der Waals surface area contributed by atoms with E-state index >= 15 is 0 Å². The van der Waals surface area contributed by atoms with Gasteiger partial charge in [-0.2, -0.15) is 0 Å². The van der Waals surface area contributed by atoms with Crippen LogP contribution in [-0.4, -0.2) is 95.9 Å². The normalized spacial score (nSPS) is 15.0. The summed E-state index contributed by atoms with van der Waals surface area (Å²) in [6, 6.07) is 0. The molecular weight excluding hydrogens is 1190 g/mol. The second kappa shape index (κ2) is 65.7. The van der Waals surface area contributed by atoms with Crippen molar-refractivity contribution in [2.24, 2.45) is 0 Å². The van der Waals surface area contributed by atoms with E-state index in [0.29, 0.717) is 19.3 Å². The molecule has 5 unspecified atom stereocenters. The molecule has 0 radical (unpaired) electrons. The van der Waals surface area contributed by atoms with Crippen LogP contribution >= 0.6 is 15.6 Å². The molecule has 0 aliphatic carbocycles. The van der Waals surface area contributed by atoms with Crippen molar-refractivity contribution in [1.82, 2.24) is 0 Å². The van der Waals surface area contributed by atoms with Gasteiger partial charge in [0.05, 0.1) is 26.4 Å². The third-order valence-corrected chi connectivity index (χ3v) is 15.7. The highest BCUT2D eigenvalue weighted by Gasteiger charge is 2.29. The molecule has 0 spiro atoms. The lowest BCUT2D eigenvalue weighted by Crippen LogP contribution is -2.30. The van der Waals surface area contributed by atoms with Crippen LogP contribution in [0.25, 0.3) is 0 Å². The number of carbonyl (C=O) groups excluding carboxylic acids is 3. The van der Waals surface area contributed by atoms with Gasteiger partial charge in [0.25, 0.3) is 0 Å². The van der Waals surface area contributed by atoms with E-state index in [2.05, 4.69) is 154 Å². The number of allylic oxidation sites excluding steroid dienone is 22. The van der Waals surface area contributed by atoms with Crippen LogP contribution in [0.3, 0.4) is 0 Å². The molecule has 0 bridgehead atoms. The van der Waals surface area contributed by atoms with Gasteiger partial charge in [0.15, 0.2) is 6.10 Å². The molecule has 0 saturated heterocycles. The predicted molar refractivity (Wildman–Crippen MR) is 371 cm³/mol. The smallest absolute Gasteiger partial charge is 0.463 e. The molecule has 0 saturated carbocycles. The molecule has 0 aliphatic heterocycles. The minimum atomic E-state index is -4.94. The first kappa shape index (κ1) is 86.7. The average Bonchev–Trinajstić information content (AvgIpc) is 3.75. The lowest BCUT2D eigenvalue weighted by molar-refractivity contribution is -0.161. The van der Waals surface area contributed by atoms with E-state index in [-0.39, 0.29) is 19.3 Å². The molecule has 520 valence electrons. The Bertz CT molecular complexity index is 2190. The van der Waals surface area contributed by atoms with E-state index in [4.69, 9.17) is 32.3 Å². The topological polar surface area (TPSA) is 231 Å². The molecule has 0 heterocycles. The monoisotopic (exact) mass is 1320 g/mol. The molecule has 18 heteroatoms. The van der Waals surface area contributed by atoms with Gasteiger partial charge in [-0.05, 0) is 128 Å². The van der Waals surface area contributed by atoms with E-state index in [0.717, 1.165) is 167 Å². The van der Waals surface area contributed by atoms with Gasteiger partial charge in [0.2, 0.25) is 0 Å². The number of hydrogen-bond donors (Lipinski definition) is 4. The lowest BCUT2D eigenvalue weighted by atomic mass is 10.1. The zero-order valence-electron chi connectivity index (χ0n) is 56.2. The number of aliphatic hydroxyl groups excluding tert-OH is 2. The van der Waals surface area contributed by atoms with Gasteiger partial charge < -0.3 is 34.2 Å². The van der Waals surface area contributed by atoms with Gasteiger partial charge in [0, 0.05) is 19.3 Å². The van der Waals surface area contributed by atoms with Crippen molar-refractivity contribution in [3.63, 3.8) is 0 Å². The van der Waals surface area contributed by atoms with Crippen molar-refractivity contribution in [2.45, 2.75) is 270 Å². The highest BCUT2D eigenvalue weighted by Crippen LogP contribution is 2.45. The zero-order valence-corrected chi connectivity index (χ0v) is 58.0. The third kappa shape index (κ3) is 66.9. The Hall–Kier alpha value is -4.31. The van der Waals surface area contributed by atoms with E-state index in [1.54, 1.807) is 0 Å². The largest absolute Gasteiger partial charge is 0.472 e. The van der Waals surface area contributed by atoms with Crippen LogP contribution in [0.5, 0.6) is 0 Å². The fraction of sp³-hybridized carbons (Fsp3) is 0.658. The second-order valence-corrected chi connectivity index (χ2v) is 25.5. The van der Waals surface area contributed by atoms with Gasteiger partial charge in [-0.3, -0.25) is 32.5 Å². The number of carbonyl (C=O) groups is 3. The number of esters is 3. The number of rotatable bonds is 64. The molecule has 0 rings (SSSR count). The first-order valence-corrected chi connectivity index (χ1v) is 37.5. The fourth-order valence-electron chi connectivity index (χ4n) is 8.62. The SMILES string of the molecule is CC/C=C\C/C=C\C/C=C\C/C=C\C/C=C\CCCCCCCCCCCC(=O)OCC(O)COP(=O)(O)OCC(O)COP(=O)(O)OCC(COC(=O)CCCCCC/C=C\C/C=C\C/C=C\C/C=C\CC)OC(=O)CCCCCCC/C=C\C/C=C\CCC. The Morgan fingerprint density at radius 3 is 0.923 bits per heavy atom. The van der Waals surface area contributed by atoms with Crippen molar-refractivity contribution in [3.8, 4) is 0 Å². The summed E-state index contributed by atoms with van der Waals surface area (Å²) in [7, 11) is -9.79. The van der Waals surface area contributed by atoms with Crippen LogP contribution in [-0.2, 0) is 55.8 Å². The molecular formula is C73H122O16P2. The van der Waals surface area contributed by atoms with Crippen molar-refractivity contribution in [1.29, 1.82) is 0 Å². The maximum atomic E-state index is 12.9. The van der Waals surface area contributed by atoms with E-state index < -0.39 is 91.5 Å². The molecule has 0 aromatic rings. The minimum Gasteiger partial charge on any atom is -0.463 e. The minimum absolute atomic E-state index is 0.0791. The van der Waals surface area contributed by atoms with E-state index in [9.17, 15) is 43.5 Å². The van der Waals surface area contributed by atoms with Crippen LogP contribution in [0.15, 0.2) is 134 Å². The van der Waals surface area contributed by atoms with Crippen molar-refractivity contribution in [3.05, 3.63) is 134 Å². The summed E-state index contributed by atoms with van der Waals surface area (Å²) in [5.41, 5.74) is 0. The lowest BCUT2D eigenvalue weighted by Gasteiger charge is -2.21. The zero-order chi connectivity index (χ0) is 66.7. The molecule has 0 fully saturated rings. The molecule has 91 heavy (non-hydrogen) atoms. The number of ether oxygens (including phenoxy) is 3. The second-order valence-electron chi connectivity index (χ2n) is 22.6. The molecule has 0 aromatic heterocycles. The Labute approximate surface area is 550 Å². The Morgan fingerprint density at radius 2 is 0.582 bits per heavy atom. The van der Waals surface area contributed by atoms with Crippen LogP contribution in [0.4, 0.5) is 0 Å². The van der Waals surface area contributed by atoms with Crippen LogP contribution < -0.4 is 0 Å². The van der Waals surface area contributed by atoms with Crippen molar-refractivity contribution < 1.29 is 75.8 Å². The Balaban J connectivity index is 4.59. The molecule has 16 nitrogen and oxygen atoms in total. The first-order valence-electron chi connectivity index (χ1n) is 34.5. The maximum absolute atomic E-state index is 12.9. The average molecular weight is 1320 g/mol. The number of hydrogen-bond acceptors (Lipinski definition) is 14. The van der Waals surface area contributed by atoms with Crippen molar-refractivity contribution in [2.75, 3.05) is 39.6 Å². The van der Waals surface area contributed by atoms with Crippen LogP contribution in [0.1, 0.15) is 252 Å². The Kier molecular flexibility index (Phi) is 62.6. The number of aliphatic hydroxyl groups is 2. The van der Waals surface area contributed by atoms with Gasteiger partial charge in [-0.15, -0.1) is 0 Å². The molecule has 0 aliphatic rings. The van der Waals surface area contributed by atoms with Crippen LogP contribution in [0, 0.1) is 0 Å².